The zero-order valence-corrected chi connectivity index (χ0v) is 9.06. The number of methoxy groups -OCH3 is 1. The van der Waals surface area contributed by atoms with Crippen LogP contribution in [0.5, 0.6) is 5.75 Å². The fourth-order valence-electron chi connectivity index (χ4n) is 1.96. The number of hydrogen-bond acceptors (Lipinski definition) is 4. The summed E-state index contributed by atoms with van der Waals surface area (Å²) < 4.78 is 5.29. The van der Waals surface area contributed by atoms with Crippen molar-refractivity contribution in [1.29, 1.82) is 0 Å². The van der Waals surface area contributed by atoms with Gasteiger partial charge in [-0.25, -0.2) is 4.79 Å². The molecule has 84 valence electrons. The monoisotopic (exact) mass is 219 g/mol. The van der Waals surface area contributed by atoms with Crippen LogP contribution in [0, 0.1) is 0 Å². The molecule has 0 saturated heterocycles. The predicted octanol–water partition coefficient (Wildman–Crippen LogP) is 1.51. The molecule has 0 unspecified atom stereocenters. The zero-order chi connectivity index (χ0) is 11.6. The Bertz CT molecular complexity index is 446. The molecule has 4 nitrogen and oxygen atoms in total. The number of ether oxygens (including phenoxy) is 1. The normalized spacial score (nSPS) is 16.4. The number of nitrogens with zero attached hydrogens (tertiary/aromatic N) is 1. The first kappa shape index (κ1) is 10.9. The molecule has 4 heteroatoms. The third kappa shape index (κ3) is 1.62. The van der Waals surface area contributed by atoms with Crippen LogP contribution in [0.2, 0.25) is 0 Å². The van der Waals surface area contributed by atoms with Crippen LogP contribution in [0.4, 0.5) is 0 Å². The van der Waals surface area contributed by atoms with Gasteiger partial charge in [0.1, 0.15) is 11.3 Å². The number of para-hydroxylation sites is 1. The molecule has 0 spiro atoms. The van der Waals surface area contributed by atoms with Crippen molar-refractivity contribution in [2.45, 2.75) is 25.0 Å². The molecule has 0 atom stereocenters. The Balaban J connectivity index is 2.52. The van der Waals surface area contributed by atoms with Crippen molar-refractivity contribution in [2.24, 2.45) is 4.99 Å². The third-order valence-electron chi connectivity index (χ3n) is 2.96. The molecular weight excluding hydrogens is 206 g/mol. The second-order valence-electron chi connectivity index (χ2n) is 3.89. The highest BCUT2D eigenvalue weighted by molar-refractivity contribution is 5.50. The molecule has 1 aromatic rings. The van der Waals surface area contributed by atoms with E-state index >= 15 is 0 Å². The van der Waals surface area contributed by atoms with Gasteiger partial charge in [0.05, 0.1) is 13.7 Å². The fraction of sp³-hybridized carbons (Fsp3) is 0.417. The van der Waals surface area contributed by atoms with Crippen molar-refractivity contribution in [2.75, 3.05) is 7.11 Å². The lowest BCUT2D eigenvalue weighted by Crippen LogP contribution is -2.07. The van der Waals surface area contributed by atoms with Gasteiger partial charge in [-0.2, -0.15) is 4.99 Å². The van der Waals surface area contributed by atoms with Gasteiger partial charge in [0.2, 0.25) is 6.08 Å². The van der Waals surface area contributed by atoms with Crippen molar-refractivity contribution in [3.05, 3.63) is 29.3 Å². The quantitative estimate of drug-likeness (QED) is 0.617. The minimum atomic E-state index is -0.460. The third-order valence-corrected chi connectivity index (χ3v) is 2.96. The first-order chi connectivity index (χ1) is 7.77. The molecule has 1 fully saturated rings. The van der Waals surface area contributed by atoms with Crippen molar-refractivity contribution in [1.82, 2.24) is 0 Å². The summed E-state index contributed by atoms with van der Waals surface area (Å²) in [6.45, 7) is -0.0854. The van der Waals surface area contributed by atoms with E-state index in [1.54, 1.807) is 19.3 Å². The lowest BCUT2D eigenvalue weighted by molar-refractivity contribution is 0.273. The van der Waals surface area contributed by atoms with Gasteiger partial charge in [0.15, 0.2) is 0 Å². The highest BCUT2D eigenvalue weighted by Gasteiger charge is 2.47. The molecule has 1 aromatic carbocycles. The Hall–Kier alpha value is -1.64. The second kappa shape index (κ2) is 4.08. The van der Waals surface area contributed by atoms with Crippen molar-refractivity contribution in [3.8, 4) is 5.75 Å². The lowest BCUT2D eigenvalue weighted by Gasteiger charge is -2.15. The summed E-state index contributed by atoms with van der Waals surface area (Å²) in [5.41, 5.74) is 1.12. The van der Waals surface area contributed by atoms with E-state index in [1.807, 2.05) is 12.1 Å². The topological polar surface area (TPSA) is 58.9 Å². The van der Waals surface area contributed by atoms with Crippen LogP contribution >= 0.6 is 0 Å². The van der Waals surface area contributed by atoms with Crippen LogP contribution in [0.1, 0.15) is 24.0 Å². The second-order valence-corrected chi connectivity index (χ2v) is 3.89. The lowest BCUT2D eigenvalue weighted by atomic mass is 10.0. The fourth-order valence-corrected chi connectivity index (χ4v) is 1.96. The maximum Gasteiger partial charge on any atom is 0.235 e. The molecule has 1 aliphatic rings. The van der Waals surface area contributed by atoms with Gasteiger partial charge in [-0.05, 0) is 12.8 Å². The van der Waals surface area contributed by atoms with E-state index in [9.17, 15) is 9.90 Å². The Labute approximate surface area is 93.6 Å². The van der Waals surface area contributed by atoms with E-state index < -0.39 is 5.54 Å². The molecule has 0 radical (unpaired) electrons. The standard InChI is InChI=1S/C12H13NO3/c1-16-11-9(7-14)3-2-4-10(11)12(5-6-12)13-8-15/h2-4,14H,5-7H2,1H3. The summed E-state index contributed by atoms with van der Waals surface area (Å²) in [5.74, 6) is 0.626. The van der Waals surface area contributed by atoms with E-state index in [0.29, 0.717) is 11.3 Å². The Morgan fingerprint density at radius 3 is 2.81 bits per heavy atom. The van der Waals surface area contributed by atoms with Crippen LogP contribution in [0.3, 0.4) is 0 Å². The van der Waals surface area contributed by atoms with Crippen LogP contribution in [0.15, 0.2) is 23.2 Å². The maximum absolute atomic E-state index is 10.4. The number of hydrogen-bond donors (Lipinski definition) is 1. The molecule has 2 rings (SSSR count). The molecule has 1 aliphatic carbocycles. The van der Waals surface area contributed by atoms with Crippen molar-refractivity contribution in [3.63, 3.8) is 0 Å². The van der Waals surface area contributed by atoms with E-state index in [0.717, 1.165) is 18.4 Å². The minimum absolute atomic E-state index is 0.0854. The van der Waals surface area contributed by atoms with Crippen LogP contribution in [-0.4, -0.2) is 18.3 Å². The number of carbonyl (C=O) groups excluding carboxylic acids is 1. The van der Waals surface area contributed by atoms with Crippen LogP contribution < -0.4 is 4.74 Å². The van der Waals surface area contributed by atoms with Gasteiger partial charge in [-0.3, -0.25) is 0 Å². The summed E-state index contributed by atoms with van der Waals surface area (Å²) in [4.78, 5) is 14.3. The first-order valence-electron chi connectivity index (χ1n) is 5.13. The molecule has 0 amide bonds. The Morgan fingerprint density at radius 2 is 2.31 bits per heavy atom. The summed E-state index contributed by atoms with van der Waals surface area (Å²) in [7, 11) is 1.55. The van der Waals surface area contributed by atoms with Gasteiger partial charge in [0.25, 0.3) is 0 Å². The predicted molar refractivity (Wildman–Crippen MR) is 58.0 cm³/mol. The van der Waals surface area contributed by atoms with Crippen molar-refractivity contribution < 1.29 is 14.6 Å². The van der Waals surface area contributed by atoms with Gasteiger partial charge in [0, 0.05) is 11.1 Å². The molecular formula is C12H13NO3. The van der Waals surface area contributed by atoms with Crippen LogP contribution in [-0.2, 0) is 16.9 Å². The largest absolute Gasteiger partial charge is 0.496 e. The van der Waals surface area contributed by atoms with Gasteiger partial charge in [-0.15, -0.1) is 0 Å². The number of benzene rings is 1. The highest BCUT2D eigenvalue weighted by atomic mass is 16.5. The molecule has 16 heavy (non-hydrogen) atoms. The Kier molecular flexibility index (Phi) is 2.77. The van der Waals surface area contributed by atoms with Crippen molar-refractivity contribution >= 4 is 6.08 Å². The summed E-state index contributed by atoms with van der Waals surface area (Å²) in [6.07, 6.45) is 3.27. The summed E-state index contributed by atoms with van der Waals surface area (Å²) in [6, 6.07) is 5.51. The first-order valence-corrected chi connectivity index (χ1v) is 5.13. The molecule has 0 aliphatic heterocycles. The minimum Gasteiger partial charge on any atom is -0.496 e. The molecule has 0 aromatic heterocycles. The number of aliphatic hydroxyl groups is 1. The molecule has 0 bridgehead atoms. The summed E-state index contributed by atoms with van der Waals surface area (Å²) in [5, 5.41) is 9.20. The summed E-state index contributed by atoms with van der Waals surface area (Å²) >= 11 is 0. The molecule has 1 N–H and O–H groups in total. The average molecular weight is 219 g/mol. The number of rotatable bonds is 4. The van der Waals surface area contributed by atoms with E-state index in [1.165, 1.54) is 0 Å². The molecule has 0 heterocycles. The average Bonchev–Trinajstić information content (AvgIpc) is 3.09. The maximum atomic E-state index is 10.4. The van der Waals surface area contributed by atoms with Gasteiger partial charge >= 0.3 is 0 Å². The van der Waals surface area contributed by atoms with Crippen LogP contribution in [0.25, 0.3) is 0 Å². The SMILES string of the molecule is COc1c(CO)cccc1C1(N=C=O)CC1. The van der Waals surface area contributed by atoms with E-state index in [-0.39, 0.29) is 6.61 Å². The van der Waals surface area contributed by atoms with E-state index in [2.05, 4.69) is 4.99 Å². The molecule has 1 saturated carbocycles. The zero-order valence-electron chi connectivity index (χ0n) is 9.06. The number of aliphatic imine (C=N–C) groups is 1. The highest BCUT2D eigenvalue weighted by Crippen LogP contribution is 2.52. The Morgan fingerprint density at radius 1 is 1.56 bits per heavy atom. The van der Waals surface area contributed by atoms with Gasteiger partial charge < -0.3 is 9.84 Å². The smallest absolute Gasteiger partial charge is 0.235 e. The number of isocyanates is 1. The number of aliphatic hydroxyl groups excluding tert-OH is 1. The van der Waals surface area contributed by atoms with E-state index in [4.69, 9.17) is 4.74 Å². The van der Waals surface area contributed by atoms with Gasteiger partial charge in [-0.1, -0.05) is 18.2 Å².